The Hall–Kier alpha value is -1.75. The second-order valence-corrected chi connectivity index (χ2v) is 3.57. The van der Waals surface area contributed by atoms with Crippen LogP contribution in [0.5, 0.6) is 0 Å². The standard InChI is InChI=1S/C13H13N2O2.BrH/c1-17-13(16)10-15-8-4-12(5-9-15)11-2-6-14-7-3-11;/h2-9H,10H2,1H3;1H/q+1;. The van der Waals surface area contributed by atoms with E-state index < -0.39 is 0 Å². The number of rotatable bonds is 3. The van der Waals surface area contributed by atoms with E-state index >= 15 is 0 Å². The average Bonchev–Trinajstić information content (AvgIpc) is 2.40. The summed E-state index contributed by atoms with van der Waals surface area (Å²) in [5, 5.41) is 0. The lowest BCUT2D eigenvalue weighted by atomic mass is 10.1. The summed E-state index contributed by atoms with van der Waals surface area (Å²) in [4.78, 5) is 15.1. The lowest BCUT2D eigenvalue weighted by molar-refractivity contribution is -0.685. The van der Waals surface area contributed by atoms with Crippen molar-refractivity contribution in [2.75, 3.05) is 7.11 Å². The van der Waals surface area contributed by atoms with Gasteiger partial charge in [0.05, 0.1) is 7.11 Å². The van der Waals surface area contributed by atoms with Crippen LogP contribution in [-0.2, 0) is 16.1 Å². The molecule has 2 aromatic heterocycles. The van der Waals surface area contributed by atoms with Crippen molar-refractivity contribution in [2.45, 2.75) is 6.54 Å². The third kappa shape index (κ3) is 3.63. The van der Waals surface area contributed by atoms with Crippen LogP contribution >= 0.6 is 17.0 Å². The predicted octanol–water partition coefficient (Wildman–Crippen LogP) is 1.79. The molecule has 0 atom stereocenters. The summed E-state index contributed by atoms with van der Waals surface area (Å²) in [6, 6.07) is 7.80. The van der Waals surface area contributed by atoms with E-state index in [1.54, 1.807) is 17.0 Å². The number of hydrogen-bond donors (Lipinski definition) is 0. The maximum absolute atomic E-state index is 11.1. The van der Waals surface area contributed by atoms with Crippen molar-refractivity contribution in [3.63, 3.8) is 0 Å². The normalized spacial score (nSPS) is 9.39. The van der Waals surface area contributed by atoms with Gasteiger partial charge in [-0.3, -0.25) is 4.98 Å². The second kappa shape index (κ2) is 6.86. The average molecular weight is 310 g/mol. The molecule has 2 heterocycles. The molecule has 0 aliphatic rings. The molecular formula is C13H14BrN2O2+. The molecule has 5 heteroatoms. The van der Waals surface area contributed by atoms with Crippen molar-refractivity contribution in [2.24, 2.45) is 0 Å². The van der Waals surface area contributed by atoms with Gasteiger partial charge < -0.3 is 4.74 Å². The number of aromatic nitrogens is 2. The highest BCUT2D eigenvalue weighted by molar-refractivity contribution is 8.93. The molecule has 2 rings (SSSR count). The molecule has 0 spiro atoms. The van der Waals surface area contributed by atoms with Crippen LogP contribution in [0, 0.1) is 0 Å². The zero-order chi connectivity index (χ0) is 12.1. The zero-order valence-electron chi connectivity index (χ0n) is 9.95. The lowest BCUT2D eigenvalue weighted by Gasteiger charge is -2.00. The van der Waals surface area contributed by atoms with Crippen LogP contribution in [0.1, 0.15) is 0 Å². The molecule has 0 N–H and O–H groups in total. The van der Waals surface area contributed by atoms with E-state index in [1.165, 1.54) is 7.11 Å². The highest BCUT2D eigenvalue weighted by Crippen LogP contribution is 2.15. The first-order chi connectivity index (χ1) is 8.29. The van der Waals surface area contributed by atoms with Crippen molar-refractivity contribution in [1.82, 2.24) is 4.98 Å². The number of methoxy groups -OCH3 is 1. The summed E-state index contributed by atoms with van der Waals surface area (Å²) in [7, 11) is 1.38. The molecule has 0 aromatic carbocycles. The molecule has 0 amide bonds. The van der Waals surface area contributed by atoms with Crippen LogP contribution in [-0.4, -0.2) is 18.1 Å². The van der Waals surface area contributed by atoms with Gasteiger partial charge in [0.1, 0.15) is 0 Å². The third-order valence-electron chi connectivity index (χ3n) is 2.44. The van der Waals surface area contributed by atoms with E-state index in [9.17, 15) is 4.79 Å². The molecule has 94 valence electrons. The molecule has 0 aliphatic heterocycles. The van der Waals surface area contributed by atoms with Crippen LogP contribution in [0.15, 0.2) is 49.1 Å². The number of hydrogen-bond acceptors (Lipinski definition) is 3. The largest absolute Gasteiger partial charge is 0.464 e. The van der Waals surface area contributed by atoms with Gasteiger partial charge in [-0.1, -0.05) is 0 Å². The first-order valence-corrected chi connectivity index (χ1v) is 5.26. The van der Waals surface area contributed by atoms with Crippen LogP contribution in [0.25, 0.3) is 11.1 Å². The maximum Gasteiger partial charge on any atom is 0.372 e. The summed E-state index contributed by atoms with van der Waals surface area (Å²) in [6.45, 7) is 0.229. The monoisotopic (exact) mass is 309 g/mol. The molecule has 2 aromatic rings. The van der Waals surface area contributed by atoms with E-state index in [2.05, 4.69) is 9.72 Å². The fraction of sp³-hybridized carbons (Fsp3) is 0.154. The molecule has 0 saturated heterocycles. The number of pyridine rings is 2. The van der Waals surface area contributed by atoms with E-state index in [-0.39, 0.29) is 29.5 Å². The summed E-state index contributed by atoms with van der Waals surface area (Å²) in [6.07, 6.45) is 7.22. The van der Waals surface area contributed by atoms with Crippen LogP contribution in [0.4, 0.5) is 0 Å². The topological polar surface area (TPSA) is 43.1 Å². The Morgan fingerprint density at radius 1 is 1.17 bits per heavy atom. The van der Waals surface area contributed by atoms with E-state index in [0.717, 1.165) is 11.1 Å². The van der Waals surface area contributed by atoms with Crippen LogP contribution in [0.3, 0.4) is 0 Å². The minimum absolute atomic E-state index is 0. The van der Waals surface area contributed by atoms with Gasteiger partial charge in [0.25, 0.3) is 0 Å². The van der Waals surface area contributed by atoms with Gasteiger partial charge in [-0.2, -0.15) is 4.57 Å². The number of halogens is 1. The molecular weight excluding hydrogens is 296 g/mol. The Morgan fingerprint density at radius 3 is 2.28 bits per heavy atom. The molecule has 0 radical (unpaired) electrons. The smallest absolute Gasteiger partial charge is 0.372 e. The maximum atomic E-state index is 11.1. The van der Waals surface area contributed by atoms with Crippen molar-refractivity contribution >= 4 is 23.0 Å². The molecule has 0 fully saturated rings. The summed E-state index contributed by atoms with van der Waals surface area (Å²) >= 11 is 0. The highest BCUT2D eigenvalue weighted by Gasteiger charge is 2.08. The lowest BCUT2D eigenvalue weighted by Crippen LogP contribution is -2.37. The minimum atomic E-state index is -0.258. The first-order valence-electron chi connectivity index (χ1n) is 5.26. The van der Waals surface area contributed by atoms with Crippen LogP contribution in [0.2, 0.25) is 0 Å². The predicted molar refractivity (Wildman–Crippen MR) is 72.2 cm³/mol. The first kappa shape index (κ1) is 14.3. The fourth-order valence-electron chi connectivity index (χ4n) is 1.51. The number of carbonyl (C=O) groups excluding carboxylic acids is 1. The Labute approximate surface area is 116 Å². The van der Waals surface area contributed by atoms with Crippen molar-refractivity contribution in [3.8, 4) is 11.1 Å². The van der Waals surface area contributed by atoms with Crippen LogP contribution < -0.4 is 4.57 Å². The molecule has 0 aliphatic carbocycles. The van der Waals surface area contributed by atoms with E-state index in [0.29, 0.717) is 0 Å². The van der Waals surface area contributed by atoms with E-state index in [1.807, 2.05) is 36.7 Å². The Balaban J connectivity index is 0.00000162. The number of carbonyl (C=O) groups is 1. The summed E-state index contributed by atoms with van der Waals surface area (Å²) in [5.41, 5.74) is 2.19. The molecule has 4 nitrogen and oxygen atoms in total. The zero-order valence-corrected chi connectivity index (χ0v) is 11.7. The Bertz CT molecular complexity index is 500. The quantitative estimate of drug-likeness (QED) is 0.641. The molecule has 18 heavy (non-hydrogen) atoms. The van der Waals surface area contributed by atoms with Gasteiger partial charge in [-0.25, -0.2) is 4.79 Å². The molecule has 0 saturated carbocycles. The van der Waals surface area contributed by atoms with E-state index in [4.69, 9.17) is 0 Å². The summed E-state index contributed by atoms with van der Waals surface area (Å²) < 4.78 is 6.38. The molecule has 0 bridgehead atoms. The fourth-order valence-corrected chi connectivity index (χ4v) is 1.51. The Morgan fingerprint density at radius 2 is 1.72 bits per heavy atom. The molecule has 0 unspecified atom stereocenters. The van der Waals surface area contributed by atoms with Crippen molar-refractivity contribution in [1.29, 1.82) is 0 Å². The Kier molecular flexibility index (Phi) is 5.45. The van der Waals surface area contributed by atoms with Gasteiger partial charge in [-0.15, -0.1) is 17.0 Å². The number of ether oxygens (including phenoxy) is 1. The second-order valence-electron chi connectivity index (χ2n) is 3.57. The van der Waals surface area contributed by atoms with Gasteiger partial charge >= 0.3 is 5.97 Å². The van der Waals surface area contributed by atoms with Crippen molar-refractivity contribution < 1.29 is 14.1 Å². The summed E-state index contributed by atoms with van der Waals surface area (Å²) in [5.74, 6) is -0.258. The van der Waals surface area contributed by atoms with Gasteiger partial charge in [0.15, 0.2) is 12.4 Å². The third-order valence-corrected chi connectivity index (χ3v) is 2.44. The van der Waals surface area contributed by atoms with Crippen molar-refractivity contribution in [3.05, 3.63) is 49.1 Å². The number of esters is 1. The number of nitrogens with zero attached hydrogens (tertiary/aromatic N) is 2. The van der Waals surface area contributed by atoms with Gasteiger partial charge in [0, 0.05) is 24.5 Å². The van der Waals surface area contributed by atoms with Gasteiger partial charge in [0.2, 0.25) is 6.54 Å². The van der Waals surface area contributed by atoms with Gasteiger partial charge in [-0.05, 0) is 23.3 Å². The SMILES string of the molecule is Br.COC(=O)C[n+]1ccc(-c2ccncc2)cc1. The minimum Gasteiger partial charge on any atom is -0.464 e. The highest BCUT2D eigenvalue weighted by atomic mass is 79.9.